The van der Waals surface area contributed by atoms with E-state index in [2.05, 4.69) is 37.0 Å². The number of para-hydroxylation sites is 1. The topological polar surface area (TPSA) is 391 Å². The number of H-pyrrole nitrogens is 1. The number of ketones is 3. The Hall–Kier alpha value is -7.58. The fraction of sp³-hybridized carbons (Fsp3) is 0.570. The van der Waals surface area contributed by atoms with Crippen molar-refractivity contribution in [2.45, 2.75) is 178 Å². The molecule has 27 nitrogen and oxygen atoms in total. The fourth-order valence-electron chi connectivity index (χ4n) is 21.3. The number of aromatic amines is 1. The summed E-state index contributed by atoms with van der Waals surface area (Å²) in [5, 5.41) is 49.6. The standard InChI is InChI=1S/C46H56N4O10.C21H26O5.C12H19N3O.ClH.H2O4S/c1-7-42(55)22-28-23-45(40(53)58-5,36-30(14-18-48(24-28)25-42)29-12-9-10-13-33(29)47-36)32-20-31-34(21-35(32)57-4)50(26-51)38-44(31)16-19-49-17-11-15-43(8-2,37(44)49)39(60-27(3)52)46(38,56)41(54)59-6;1-19-7-5-13(23)9-12(19)3-4-14-15-6-8-21(26,17(25)11-22)20(15,2)10-16(24)18(14)19;1-9(2)15-12(16)11-6-4-10(5-7-11)8-14-13-3;;1-5(2,3)4/h9-13,15,20-21,26,28,37-39,47,55-56H,7-8,14,16-19,22-25H2,1-6H3;5,7,9,14-15,18,22,26H,3-4,6,8,10-11H2,1-2H3;4-7,9,13-14H,8H2,1-3H3,(H,15,16);1H;(H2,1,2,3,4)/t28-,37+,38-,39-,42+,43-,44-,45+,46+;14-,15-,18+,19-,20-,21-;;;/m10.../s1. The number of hydrazine groups is 1. The number of methoxy groups -OCH3 is 3. The molecule has 6 fully saturated rings. The Kier molecular flexibility index (Phi) is 24.0. The molecule has 10 aliphatic rings. The molecule has 5 aliphatic carbocycles. The van der Waals surface area contributed by atoms with Crippen molar-refractivity contribution >= 4 is 87.0 Å². The maximum atomic E-state index is 15.3. The second kappa shape index (κ2) is 31.3. The van der Waals surface area contributed by atoms with Crippen LogP contribution in [0, 0.1) is 39.9 Å². The number of piperidine rings is 1. The molecule has 0 radical (unpaired) electrons. The van der Waals surface area contributed by atoms with Crippen LogP contribution in [0.1, 0.15) is 151 Å². The van der Waals surface area contributed by atoms with E-state index < -0.39 is 103 Å². The van der Waals surface area contributed by atoms with Gasteiger partial charge in [-0.3, -0.25) is 63.3 Å². The van der Waals surface area contributed by atoms with Crippen LogP contribution in [0.4, 0.5) is 5.69 Å². The second-order valence-electron chi connectivity index (χ2n) is 31.5. The number of benzene rings is 3. The highest BCUT2D eigenvalue weighted by atomic mass is 35.5. The predicted molar refractivity (Wildman–Crippen MR) is 401 cm³/mol. The molecule has 1 unspecified atom stereocenters. The van der Waals surface area contributed by atoms with E-state index in [0.29, 0.717) is 118 Å². The lowest BCUT2D eigenvalue weighted by Crippen LogP contribution is -2.81. The van der Waals surface area contributed by atoms with E-state index >= 15 is 4.79 Å². The molecule has 2 saturated heterocycles. The number of carbonyl (C=O) groups excluding carboxylic acids is 8. The van der Waals surface area contributed by atoms with Crippen LogP contribution in [-0.4, -0.2) is 209 Å². The van der Waals surface area contributed by atoms with Crippen molar-refractivity contribution in [1.29, 1.82) is 0 Å². The molecule has 6 heterocycles. The molecule has 5 aliphatic heterocycles. The highest BCUT2D eigenvalue weighted by Crippen LogP contribution is 2.70. The van der Waals surface area contributed by atoms with Crippen LogP contribution in [0.15, 0.2) is 96.6 Å². The first-order valence-corrected chi connectivity index (χ1v) is 38.3. The zero-order valence-electron chi connectivity index (χ0n) is 63.1. The molecule has 2 bridgehead atoms. The van der Waals surface area contributed by atoms with E-state index in [4.69, 9.17) is 36.5 Å². The largest absolute Gasteiger partial charge is 0.496 e. The molecule has 3 aromatic carbocycles. The van der Waals surface area contributed by atoms with Crippen LogP contribution in [0.25, 0.3) is 10.9 Å². The number of nitrogens with zero attached hydrogens (tertiary/aromatic N) is 3. The lowest BCUT2D eigenvalue weighted by molar-refractivity contribution is -0.228. The number of nitrogens with one attached hydrogen (secondary N) is 4. The highest BCUT2D eigenvalue weighted by molar-refractivity contribution is 7.79. The lowest BCUT2D eigenvalue weighted by atomic mass is 9.46. The van der Waals surface area contributed by atoms with E-state index in [-0.39, 0.29) is 72.4 Å². The van der Waals surface area contributed by atoms with E-state index in [9.17, 15) is 54.0 Å². The number of aliphatic hydroxyl groups excluding tert-OH is 1. The Morgan fingerprint density at radius 1 is 0.861 bits per heavy atom. The molecule has 29 heteroatoms. The van der Waals surface area contributed by atoms with Crippen molar-refractivity contribution in [3.05, 3.63) is 130 Å². The molecular weight excluding hydrogens is 1430 g/mol. The summed E-state index contributed by atoms with van der Waals surface area (Å²) < 4.78 is 55.3. The third-order valence-corrected chi connectivity index (χ3v) is 25.6. The number of hydrogen-bond donors (Lipinski definition) is 10. The summed E-state index contributed by atoms with van der Waals surface area (Å²) in [6, 6.07) is 17.7. The van der Waals surface area contributed by atoms with Crippen molar-refractivity contribution in [1.82, 2.24) is 31.0 Å². The maximum absolute atomic E-state index is 15.3. The van der Waals surface area contributed by atoms with E-state index in [0.717, 1.165) is 47.0 Å². The number of allylic oxidation sites excluding steroid dienone is 4. The first-order chi connectivity index (χ1) is 50.6. The number of aromatic nitrogens is 1. The Balaban J connectivity index is 0.000000211. The highest BCUT2D eigenvalue weighted by Gasteiger charge is 2.81. The van der Waals surface area contributed by atoms with Crippen molar-refractivity contribution in [2.24, 2.45) is 39.9 Å². The van der Waals surface area contributed by atoms with Crippen molar-refractivity contribution < 1.29 is 95.3 Å². The van der Waals surface area contributed by atoms with Gasteiger partial charge in [0.25, 0.3) is 5.91 Å². The van der Waals surface area contributed by atoms with E-state index in [1.54, 1.807) is 18.2 Å². The summed E-state index contributed by atoms with van der Waals surface area (Å²) in [7, 11) is 1.25. The summed E-state index contributed by atoms with van der Waals surface area (Å²) in [6.45, 7) is 16.0. The van der Waals surface area contributed by atoms with Gasteiger partial charge in [-0.25, -0.2) is 4.79 Å². The van der Waals surface area contributed by atoms with Crippen molar-refractivity contribution in [3.63, 3.8) is 0 Å². The first-order valence-electron chi connectivity index (χ1n) is 36.9. The zero-order valence-corrected chi connectivity index (χ0v) is 64.8. The third kappa shape index (κ3) is 13.9. The van der Waals surface area contributed by atoms with Crippen LogP contribution < -0.4 is 25.8 Å². The minimum absolute atomic E-state index is 0. The molecule has 4 saturated carbocycles. The monoisotopic (exact) mass is 1540 g/mol. The number of Topliss-reactive ketones (excluding diaryl/α,β-unsaturated/α-hetero) is 2. The minimum Gasteiger partial charge on any atom is -0.496 e. The zero-order chi connectivity index (χ0) is 77.9. The molecule has 10 N–H and O–H groups in total. The first kappa shape index (κ1) is 82.9. The fourth-order valence-corrected chi connectivity index (χ4v) is 21.3. The lowest BCUT2D eigenvalue weighted by Gasteiger charge is -2.63. The number of amides is 2. The van der Waals surface area contributed by atoms with E-state index in [1.807, 2.05) is 115 Å². The molecule has 588 valence electrons. The summed E-state index contributed by atoms with van der Waals surface area (Å²) in [6.07, 6.45) is 13.7. The summed E-state index contributed by atoms with van der Waals surface area (Å²) in [5.41, 5.74) is 2.66. The number of hydrogen-bond acceptors (Lipinski definition) is 22. The summed E-state index contributed by atoms with van der Waals surface area (Å²) in [4.78, 5) is 115. The molecule has 4 aromatic rings. The maximum Gasteiger partial charge on any atom is 0.394 e. The number of halogens is 1. The molecular formula is C79H104ClN7O20S. The average molecular weight is 1540 g/mol. The molecule has 2 amide bonds. The number of esters is 3. The van der Waals surface area contributed by atoms with Crippen molar-refractivity contribution in [2.75, 3.05) is 72.6 Å². The van der Waals surface area contributed by atoms with Gasteiger partial charge in [0, 0.05) is 120 Å². The SMILES string of the molecule is CC[C@]1(O)C[C@H]2CN(CCc3c([nH]c4ccccc34)[C@@](C(=O)OC)(c3cc4c(cc3OC)N(C=O)[C@H]3[C@@](O)(C(=O)OC)[C@H](OC(C)=O)[C@]5(CC)C=CCN6CC[C@]43[C@@H]65)C2)C1.CNNCc1ccc(C(=O)NC(C)C)cc1.C[C@]12C=CC(=O)C=C1CC[C@@H]1[C@@H]2C(=O)C[C@@]2(C)[C@H]1CC[C@]2(O)C(=O)CO.Cl.O=S(=O)(O)O. The molecule has 16 atom stereocenters. The van der Waals surface area contributed by atoms with Crippen LogP contribution in [0.3, 0.4) is 0 Å². The van der Waals surface area contributed by atoms with Crippen LogP contribution >= 0.6 is 12.4 Å². The number of carbonyl (C=O) groups is 8. The average Bonchev–Trinajstić information content (AvgIpc) is 1.45. The van der Waals surface area contributed by atoms with Gasteiger partial charge in [-0.2, -0.15) is 8.42 Å². The molecule has 1 spiro atoms. The van der Waals surface area contributed by atoms with Crippen molar-refractivity contribution in [3.8, 4) is 5.75 Å². The predicted octanol–water partition coefficient (Wildman–Crippen LogP) is 6.10. The Bertz CT molecular complexity index is 4370. The Labute approximate surface area is 635 Å². The number of ether oxygens (including phenoxy) is 4. The van der Waals surface area contributed by atoms with Gasteiger partial charge in [-0.1, -0.05) is 81.8 Å². The van der Waals surface area contributed by atoms with E-state index in [1.165, 1.54) is 33.2 Å². The number of aliphatic hydroxyl groups is 4. The van der Waals surface area contributed by atoms with Gasteiger partial charge in [-0.05, 0) is 163 Å². The van der Waals surface area contributed by atoms with Crippen LogP contribution in [0.2, 0.25) is 0 Å². The quantitative estimate of drug-likeness (QED) is 0.0160. The summed E-state index contributed by atoms with van der Waals surface area (Å²) >= 11 is 0. The van der Waals surface area contributed by atoms with Gasteiger partial charge in [-0.15, -0.1) is 12.4 Å². The summed E-state index contributed by atoms with van der Waals surface area (Å²) in [5.74, 6) is -2.68. The van der Waals surface area contributed by atoms with Gasteiger partial charge in [0.2, 0.25) is 12.0 Å². The van der Waals surface area contributed by atoms with Gasteiger partial charge in [0.15, 0.2) is 17.7 Å². The Morgan fingerprint density at radius 2 is 1.56 bits per heavy atom. The molecule has 108 heavy (non-hydrogen) atoms. The Morgan fingerprint density at radius 3 is 2.18 bits per heavy atom. The van der Waals surface area contributed by atoms with Gasteiger partial charge < -0.3 is 54.6 Å². The molecule has 1 aromatic heterocycles. The second-order valence-corrected chi connectivity index (χ2v) is 32.4. The normalized spacial score (nSPS) is 33.7. The number of rotatable bonds is 15. The van der Waals surface area contributed by atoms with Crippen LogP contribution in [-0.2, 0) is 82.0 Å². The van der Waals surface area contributed by atoms with Gasteiger partial charge >= 0.3 is 28.3 Å². The van der Waals surface area contributed by atoms with Gasteiger partial charge in [0.1, 0.15) is 29.2 Å². The van der Waals surface area contributed by atoms with Crippen LogP contribution in [0.5, 0.6) is 5.75 Å². The third-order valence-electron chi connectivity index (χ3n) is 25.6. The number of fused-ring (bicyclic) bond motifs is 11. The van der Waals surface area contributed by atoms with Gasteiger partial charge in [0.05, 0.1) is 38.7 Å². The number of anilines is 1. The minimum atomic E-state index is -4.67. The molecule has 14 rings (SSSR count). The smallest absolute Gasteiger partial charge is 0.394 e.